The van der Waals surface area contributed by atoms with E-state index in [1.54, 1.807) is 31.9 Å². The van der Waals surface area contributed by atoms with Gasteiger partial charge in [-0.2, -0.15) is 0 Å². The average Bonchev–Trinajstić information content (AvgIpc) is 2.99. The topological polar surface area (TPSA) is 55.4 Å². The fourth-order valence-corrected chi connectivity index (χ4v) is 3.52. The molecule has 1 aromatic rings. The molecule has 1 fully saturated rings. The maximum absolute atomic E-state index is 11.9. The molecular formula is C17H23NO3S. The van der Waals surface area contributed by atoms with Gasteiger partial charge in [0.05, 0.1) is 12.9 Å². The first-order valence-corrected chi connectivity index (χ1v) is 8.80. The molecule has 0 heterocycles. The van der Waals surface area contributed by atoms with Crippen molar-refractivity contribution in [2.24, 2.45) is 0 Å². The lowest BCUT2D eigenvalue weighted by Gasteiger charge is -2.12. The fraction of sp³-hybridized carbons (Fsp3) is 0.529. The summed E-state index contributed by atoms with van der Waals surface area (Å²) in [5, 5.41) is 3.08. The van der Waals surface area contributed by atoms with Crippen molar-refractivity contribution in [3.8, 4) is 5.75 Å². The van der Waals surface area contributed by atoms with Crippen molar-refractivity contribution in [2.45, 2.75) is 44.4 Å². The lowest BCUT2D eigenvalue weighted by molar-refractivity contribution is -0.119. The van der Waals surface area contributed by atoms with Gasteiger partial charge in [0.1, 0.15) is 5.75 Å². The van der Waals surface area contributed by atoms with E-state index in [1.807, 2.05) is 12.1 Å². The first-order valence-electron chi connectivity index (χ1n) is 7.65. The zero-order valence-corrected chi connectivity index (χ0v) is 14.0. The fourth-order valence-electron chi connectivity index (χ4n) is 2.70. The molecule has 5 heteroatoms. The number of ketones is 1. The third-order valence-electron chi connectivity index (χ3n) is 3.90. The Balaban J connectivity index is 1.86. The van der Waals surface area contributed by atoms with Crippen LogP contribution < -0.4 is 10.1 Å². The van der Waals surface area contributed by atoms with Crippen LogP contribution in [0.15, 0.2) is 18.2 Å². The van der Waals surface area contributed by atoms with Gasteiger partial charge in [-0.25, -0.2) is 0 Å². The van der Waals surface area contributed by atoms with E-state index >= 15 is 0 Å². The van der Waals surface area contributed by atoms with Gasteiger partial charge in [0.2, 0.25) is 5.91 Å². The second-order valence-corrected chi connectivity index (χ2v) is 6.61. The van der Waals surface area contributed by atoms with Crippen molar-refractivity contribution < 1.29 is 14.3 Å². The number of benzene rings is 1. The molecule has 1 saturated carbocycles. The van der Waals surface area contributed by atoms with Crippen LogP contribution in [0.5, 0.6) is 5.75 Å². The predicted octanol–water partition coefficient (Wildman–Crippen LogP) is 3.19. The Bertz CT molecular complexity index is 539. The van der Waals surface area contributed by atoms with E-state index in [1.165, 1.54) is 12.8 Å². The highest BCUT2D eigenvalue weighted by Crippen LogP contribution is 2.25. The summed E-state index contributed by atoms with van der Waals surface area (Å²) in [6.07, 6.45) is 4.63. The molecule has 1 amide bonds. The van der Waals surface area contributed by atoms with Gasteiger partial charge in [0.15, 0.2) is 5.78 Å². The van der Waals surface area contributed by atoms with Gasteiger partial charge in [-0.15, -0.1) is 11.8 Å². The van der Waals surface area contributed by atoms with Crippen molar-refractivity contribution in [1.29, 1.82) is 0 Å². The van der Waals surface area contributed by atoms with Crippen molar-refractivity contribution >= 4 is 23.5 Å². The van der Waals surface area contributed by atoms with Crippen LogP contribution in [-0.4, -0.2) is 30.6 Å². The van der Waals surface area contributed by atoms with E-state index in [2.05, 4.69) is 5.32 Å². The minimum Gasteiger partial charge on any atom is -0.496 e. The summed E-state index contributed by atoms with van der Waals surface area (Å²) in [6, 6.07) is 5.79. The van der Waals surface area contributed by atoms with Crippen LogP contribution in [0.25, 0.3) is 0 Å². The quantitative estimate of drug-likeness (QED) is 0.784. The molecule has 0 aromatic heterocycles. The minimum absolute atomic E-state index is 0.0351. The number of hydrogen-bond donors (Lipinski definition) is 1. The highest BCUT2D eigenvalue weighted by atomic mass is 32.2. The van der Waals surface area contributed by atoms with Gasteiger partial charge in [0.25, 0.3) is 0 Å². The van der Waals surface area contributed by atoms with Gasteiger partial charge < -0.3 is 10.1 Å². The van der Waals surface area contributed by atoms with E-state index in [0.29, 0.717) is 23.1 Å². The van der Waals surface area contributed by atoms with Gasteiger partial charge in [-0.05, 0) is 38.0 Å². The molecule has 4 nitrogen and oxygen atoms in total. The summed E-state index contributed by atoms with van der Waals surface area (Å²) < 4.78 is 5.32. The molecule has 1 aliphatic rings. The largest absolute Gasteiger partial charge is 0.496 e. The molecule has 1 aliphatic carbocycles. The zero-order chi connectivity index (χ0) is 15.9. The molecule has 22 heavy (non-hydrogen) atoms. The molecule has 0 unspecified atom stereocenters. The first kappa shape index (κ1) is 16.9. The number of rotatable bonds is 7. The number of thioether (sulfide) groups is 1. The molecule has 0 saturated heterocycles. The van der Waals surface area contributed by atoms with Gasteiger partial charge in [-0.3, -0.25) is 9.59 Å². The first-order chi connectivity index (χ1) is 10.6. The standard InChI is InChI=1S/C17H23NO3S/c1-12(19)13-7-8-16(21-2)14(9-13)10-22-11-17(20)18-15-5-3-4-6-15/h7-9,15H,3-6,10-11H2,1-2H3,(H,18,20). The van der Waals surface area contributed by atoms with Crippen LogP contribution in [-0.2, 0) is 10.5 Å². The molecule has 0 bridgehead atoms. The number of methoxy groups -OCH3 is 1. The SMILES string of the molecule is COc1ccc(C(C)=O)cc1CSCC(=O)NC1CCCC1. The van der Waals surface area contributed by atoms with Crippen molar-refractivity contribution in [3.05, 3.63) is 29.3 Å². The number of nitrogens with one attached hydrogen (secondary N) is 1. The van der Waals surface area contributed by atoms with E-state index in [4.69, 9.17) is 4.74 Å². The molecule has 1 aromatic carbocycles. The third-order valence-corrected chi connectivity index (χ3v) is 4.88. The second kappa shape index (κ2) is 8.22. The van der Waals surface area contributed by atoms with Crippen LogP contribution in [0, 0.1) is 0 Å². The molecule has 0 spiro atoms. The second-order valence-electron chi connectivity index (χ2n) is 5.62. The minimum atomic E-state index is 0.0351. The molecule has 1 N–H and O–H groups in total. The van der Waals surface area contributed by atoms with Crippen molar-refractivity contribution in [1.82, 2.24) is 5.32 Å². The van der Waals surface area contributed by atoms with Crippen molar-refractivity contribution in [3.63, 3.8) is 0 Å². The molecule has 2 rings (SSSR count). The maximum Gasteiger partial charge on any atom is 0.230 e. The van der Waals surface area contributed by atoms with Crippen molar-refractivity contribution in [2.75, 3.05) is 12.9 Å². The van der Waals surface area contributed by atoms with E-state index in [0.717, 1.165) is 24.2 Å². The molecule has 0 aliphatic heterocycles. The highest BCUT2D eigenvalue weighted by Gasteiger charge is 2.17. The average molecular weight is 321 g/mol. The number of Topliss-reactive ketones (excluding diaryl/α,β-unsaturated/α-hetero) is 1. The highest BCUT2D eigenvalue weighted by molar-refractivity contribution is 7.99. The monoisotopic (exact) mass is 321 g/mol. The lowest BCUT2D eigenvalue weighted by atomic mass is 10.1. The number of amides is 1. The number of ether oxygens (including phenoxy) is 1. The molecule has 0 atom stereocenters. The summed E-state index contributed by atoms with van der Waals surface area (Å²) in [5.74, 6) is 1.98. The molecule has 120 valence electrons. The van der Waals surface area contributed by atoms with Gasteiger partial charge >= 0.3 is 0 Å². The summed E-state index contributed by atoms with van der Waals surface area (Å²) >= 11 is 1.54. The van der Waals surface area contributed by atoms with E-state index < -0.39 is 0 Å². The number of carbonyl (C=O) groups is 2. The van der Waals surface area contributed by atoms with E-state index in [9.17, 15) is 9.59 Å². The van der Waals surface area contributed by atoms with Crippen LogP contribution in [0.4, 0.5) is 0 Å². The summed E-state index contributed by atoms with van der Waals surface area (Å²) in [7, 11) is 1.61. The van der Waals surface area contributed by atoms with Crippen LogP contribution in [0.2, 0.25) is 0 Å². The van der Waals surface area contributed by atoms with Crippen LogP contribution in [0.1, 0.15) is 48.5 Å². The Hall–Kier alpha value is -1.49. The third kappa shape index (κ3) is 4.77. The maximum atomic E-state index is 11.9. The molecular weight excluding hydrogens is 298 g/mol. The van der Waals surface area contributed by atoms with Gasteiger partial charge in [-0.1, -0.05) is 12.8 Å². The Morgan fingerprint density at radius 3 is 2.68 bits per heavy atom. The van der Waals surface area contributed by atoms with Crippen LogP contribution >= 0.6 is 11.8 Å². The van der Waals surface area contributed by atoms with Gasteiger partial charge in [0, 0.05) is 22.9 Å². The Labute approximate surface area is 136 Å². The lowest BCUT2D eigenvalue weighted by Crippen LogP contribution is -2.33. The Morgan fingerprint density at radius 1 is 1.32 bits per heavy atom. The zero-order valence-electron chi connectivity index (χ0n) is 13.2. The summed E-state index contributed by atoms with van der Waals surface area (Å²) in [5.41, 5.74) is 1.63. The summed E-state index contributed by atoms with van der Waals surface area (Å²) in [6.45, 7) is 1.55. The van der Waals surface area contributed by atoms with Crippen LogP contribution in [0.3, 0.4) is 0 Å². The van der Waals surface area contributed by atoms with E-state index in [-0.39, 0.29) is 11.7 Å². The Morgan fingerprint density at radius 2 is 2.05 bits per heavy atom. The predicted molar refractivity (Wildman–Crippen MR) is 89.6 cm³/mol. The smallest absolute Gasteiger partial charge is 0.230 e. The Kier molecular flexibility index (Phi) is 6.31. The number of carbonyl (C=O) groups excluding carboxylic acids is 2. The number of hydrogen-bond acceptors (Lipinski definition) is 4. The molecule has 0 radical (unpaired) electrons. The normalized spacial score (nSPS) is 14.8. The summed E-state index contributed by atoms with van der Waals surface area (Å²) in [4.78, 5) is 23.4.